The van der Waals surface area contributed by atoms with Gasteiger partial charge in [0, 0.05) is 28.1 Å². The van der Waals surface area contributed by atoms with E-state index in [1.54, 1.807) is 30.2 Å². The quantitative estimate of drug-likeness (QED) is 0.240. The molecule has 1 N–H and O–H groups in total. The predicted octanol–water partition coefficient (Wildman–Crippen LogP) is 6.03. The number of thioether (sulfide) groups is 1. The number of anilines is 1. The molecule has 1 aliphatic rings. The fourth-order valence-electron chi connectivity index (χ4n) is 3.37. The van der Waals surface area contributed by atoms with Crippen LogP contribution in [0.25, 0.3) is 21.5 Å². The highest BCUT2D eigenvalue weighted by molar-refractivity contribution is 7.98. The van der Waals surface area contributed by atoms with Crippen LogP contribution in [0.1, 0.15) is 25.5 Å². The molecule has 2 heterocycles. The molecular formula is C24H24N4O2S2. The van der Waals surface area contributed by atoms with Crippen LogP contribution in [0.4, 0.5) is 5.82 Å². The lowest BCUT2D eigenvalue weighted by atomic mass is 10.2. The van der Waals surface area contributed by atoms with E-state index in [1.807, 2.05) is 43.3 Å². The van der Waals surface area contributed by atoms with Crippen molar-refractivity contribution in [3.8, 4) is 22.1 Å². The summed E-state index contributed by atoms with van der Waals surface area (Å²) >= 11 is 3.24. The van der Waals surface area contributed by atoms with Gasteiger partial charge in [0.2, 0.25) is 0 Å². The van der Waals surface area contributed by atoms with Crippen LogP contribution in [0, 0.1) is 0 Å². The number of nitrogens with zero attached hydrogens (tertiary/aromatic N) is 3. The van der Waals surface area contributed by atoms with Crippen molar-refractivity contribution in [1.82, 2.24) is 15.0 Å². The first kappa shape index (κ1) is 21.0. The summed E-state index contributed by atoms with van der Waals surface area (Å²) in [5.41, 5.74) is 2.99. The van der Waals surface area contributed by atoms with E-state index in [9.17, 15) is 0 Å². The van der Waals surface area contributed by atoms with Gasteiger partial charge in [0.05, 0.1) is 24.9 Å². The molecule has 164 valence electrons. The van der Waals surface area contributed by atoms with E-state index in [-0.39, 0.29) is 0 Å². The van der Waals surface area contributed by atoms with Crippen LogP contribution in [0.3, 0.4) is 0 Å². The molecule has 0 radical (unpaired) electrons. The molecule has 0 saturated heterocycles. The molecule has 4 aromatic rings. The van der Waals surface area contributed by atoms with Crippen LogP contribution < -0.4 is 14.8 Å². The molecule has 2 aromatic heterocycles. The van der Waals surface area contributed by atoms with Crippen molar-refractivity contribution in [2.24, 2.45) is 0 Å². The maximum absolute atomic E-state index is 5.62. The summed E-state index contributed by atoms with van der Waals surface area (Å²) < 4.78 is 11.1. The van der Waals surface area contributed by atoms with Crippen LogP contribution in [0.2, 0.25) is 0 Å². The Hall–Kier alpha value is -2.84. The lowest BCUT2D eigenvalue weighted by Crippen LogP contribution is -2.05. The molecule has 1 aliphatic carbocycles. The van der Waals surface area contributed by atoms with E-state index in [0.717, 1.165) is 49.6 Å². The Bertz CT molecular complexity index is 1240. The first-order valence-corrected chi connectivity index (χ1v) is 12.5. The van der Waals surface area contributed by atoms with Gasteiger partial charge in [0.1, 0.15) is 10.8 Å². The second-order valence-corrected chi connectivity index (χ2v) is 9.32. The van der Waals surface area contributed by atoms with Gasteiger partial charge in [0.25, 0.3) is 0 Å². The van der Waals surface area contributed by atoms with Crippen molar-refractivity contribution < 1.29 is 9.47 Å². The molecule has 0 spiro atoms. The van der Waals surface area contributed by atoms with Crippen molar-refractivity contribution in [2.45, 2.75) is 36.7 Å². The number of ether oxygens (including phenoxy) is 2. The average molecular weight is 465 g/mol. The van der Waals surface area contributed by atoms with Crippen LogP contribution in [0.15, 0.2) is 53.0 Å². The Morgan fingerprint density at radius 3 is 2.78 bits per heavy atom. The fraction of sp³-hybridized carbons (Fsp3) is 0.292. The number of rotatable bonds is 9. The molecule has 0 unspecified atom stereocenters. The van der Waals surface area contributed by atoms with E-state index in [2.05, 4.69) is 16.8 Å². The molecule has 8 heteroatoms. The molecule has 32 heavy (non-hydrogen) atoms. The van der Waals surface area contributed by atoms with Gasteiger partial charge >= 0.3 is 0 Å². The lowest BCUT2D eigenvalue weighted by molar-refractivity contribution is 0.311. The monoisotopic (exact) mass is 464 g/mol. The third kappa shape index (κ3) is 4.66. The second kappa shape index (κ2) is 9.34. The van der Waals surface area contributed by atoms with Gasteiger partial charge in [-0.25, -0.2) is 15.0 Å². The van der Waals surface area contributed by atoms with E-state index in [4.69, 9.17) is 24.4 Å². The first-order valence-electron chi connectivity index (χ1n) is 10.6. The highest BCUT2D eigenvalue weighted by atomic mass is 32.2. The minimum absolute atomic E-state index is 0.540. The molecule has 0 aliphatic heterocycles. The highest BCUT2D eigenvalue weighted by Crippen LogP contribution is 2.35. The number of thiazole rings is 1. The number of methoxy groups -OCH3 is 1. The van der Waals surface area contributed by atoms with E-state index < -0.39 is 0 Å². The van der Waals surface area contributed by atoms with Crippen LogP contribution in [0.5, 0.6) is 11.5 Å². The van der Waals surface area contributed by atoms with E-state index >= 15 is 0 Å². The molecule has 6 nitrogen and oxygen atoms in total. The maximum Gasteiger partial charge on any atom is 0.190 e. The molecule has 2 aromatic carbocycles. The average Bonchev–Trinajstić information content (AvgIpc) is 3.51. The lowest BCUT2D eigenvalue weighted by Gasteiger charge is -2.10. The minimum atomic E-state index is 0.540. The zero-order valence-corrected chi connectivity index (χ0v) is 19.6. The van der Waals surface area contributed by atoms with Gasteiger partial charge < -0.3 is 14.8 Å². The molecular weight excluding hydrogens is 440 g/mol. The van der Waals surface area contributed by atoms with Gasteiger partial charge in [0.15, 0.2) is 16.7 Å². The number of fused-ring (bicyclic) bond motifs is 1. The topological polar surface area (TPSA) is 69.2 Å². The number of nitrogens with one attached hydrogen (secondary N) is 1. The van der Waals surface area contributed by atoms with Crippen molar-refractivity contribution in [3.63, 3.8) is 0 Å². The number of hydrogen-bond donors (Lipinski definition) is 1. The summed E-state index contributed by atoms with van der Waals surface area (Å²) in [6.45, 7) is 2.56. The van der Waals surface area contributed by atoms with E-state index in [0.29, 0.717) is 18.4 Å². The minimum Gasteiger partial charge on any atom is -0.493 e. The summed E-state index contributed by atoms with van der Waals surface area (Å²) in [5, 5.41) is 8.44. The number of para-hydroxylation sites is 1. The Labute approximate surface area is 195 Å². The number of benzene rings is 2. The summed E-state index contributed by atoms with van der Waals surface area (Å²) in [5.74, 6) is 3.11. The molecule has 1 fully saturated rings. The van der Waals surface area contributed by atoms with Gasteiger partial charge in [-0.15, -0.1) is 11.3 Å². The zero-order chi connectivity index (χ0) is 21.9. The first-order chi connectivity index (χ1) is 15.7. The Kier molecular flexibility index (Phi) is 6.14. The largest absolute Gasteiger partial charge is 0.493 e. The normalized spacial score (nSPS) is 13.3. The molecule has 0 atom stereocenters. The predicted molar refractivity (Wildman–Crippen MR) is 131 cm³/mol. The Morgan fingerprint density at radius 1 is 1.09 bits per heavy atom. The summed E-state index contributed by atoms with van der Waals surface area (Å²) in [4.78, 5) is 14.4. The molecule has 0 bridgehead atoms. The third-order valence-electron chi connectivity index (χ3n) is 5.11. The summed E-state index contributed by atoms with van der Waals surface area (Å²) in [7, 11) is 1.65. The van der Waals surface area contributed by atoms with Crippen molar-refractivity contribution in [1.29, 1.82) is 0 Å². The van der Waals surface area contributed by atoms with Gasteiger partial charge in [-0.1, -0.05) is 23.9 Å². The van der Waals surface area contributed by atoms with Crippen molar-refractivity contribution >= 4 is 39.8 Å². The SMILES string of the molecule is CCOc1ccc(-c2nc(CSc3nc(NC4CC4)c4ccccc4n3)cs2)cc1OC. The Morgan fingerprint density at radius 2 is 1.97 bits per heavy atom. The fourth-order valence-corrected chi connectivity index (χ4v) is 5.04. The van der Waals surface area contributed by atoms with Crippen LogP contribution in [-0.2, 0) is 5.75 Å². The number of aromatic nitrogens is 3. The third-order valence-corrected chi connectivity index (χ3v) is 6.93. The van der Waals surface area contributed by atoms with Gasteiger partial charge in [-0.05, 0) is 50.1 Å². The standard InChI is InChI=1S/C24H24N4O2S2/c1-3-30-20-11-8-15(12-21(20)29-2)23-26-17(13-31-23)14-32-24-27-19-7-5-4-6-18(19)22(28-24)25-16-9-10-16/h4-8,11-13,16H,3,9-10,14H2,1-2H3,(H,25,27,28). The summed E-state index contributed by atoms with van der Waals surface area (Å²) in [6, 6.07) is 14.6. The zero-order valence-electron chi connectivity index (χ0n) is 18.0. The van der Waals surface area contributed by atoms with Crippen molar-refractivity contribution in [3.05, 3.63) is 53.5 Å². The molecule has 5 rings (SSSR count). The van der Waals surface area contributed by atoms with Crippen molar-refractivity contribution in [2.75, 3.05) is 19.0 Å². The molecule has 0 amide bonds. The maximum atomic E-state index is 5.62. The smallest absolute Gasteiger partial charge is 0.190 e. The van der Waals surface area contributed by atoms with Crippen LogP contribution >= 0.6 is 23.1 Å². The number of hydrogen-bond acceptors (Lipinski definition) is 8. The van der Waals surface area contributed by atoms with Crippen LogP contribution in [-0.4, -0.2) is 34.7 Å². The van der Waals surface area contributed by atoms with Gasteiger partial charge in [-0.2, -0.15) is 0 Å². The highest BCUT2D eigenvalue weighted by Gasteiger charge is 2.23. The van der Waals surface area contributed by atoms with E-state index in [1.165, 1.54) is 12.8 Å². The van der Waals surface area contributed by atoms with Gasteiger partial charge in [-0.3, -0.25) is 0 Å². The molecule has 1 saturated carbocycles. The summed E-state index contributed by atoms with van der Waals surface area (Å²) in [6.07, 6.45) is 2.41. The Balaban J connectivity index is 1.33. The second-order valence-electron chi connectivity index (χ2n) is 7.52.